The molecule has 0 aliphatic rings. The van der Waals surface area contributed by atoms with Gasteiger partial charge in [0.2, 0.25) is 0 Å². The maximum Gasteiger partial charge on any atom is 0.182 e. The Morgan fingerprint density at radius 3 is 2.35 bits per heavy atom. The lowest BCUT2D eigenvalue weighted by Crippen LogP contribution is -2.07. The second-order valence-corrected chi connectivity index (χ2v) is 6.77. The first kappa shape index (κ1) is 15.0. The summed E-state index contributed by atoms with van der Waals surface area (Å²) in [6, 6.07) is 10.0. The summed E-state index contributed by atoms with van der Waals surface area (Å²) in [5.41, 5.74) is 6.28. The van der Waals surface area contributed by atoms with E-state index in [2.05, 4.69) is 0 Å². The lowest BCUT2D eigenvalue weighted by molar-refractivity contribution is 0.586. The van der Waals surface area contributed by atoms with E-state index < -0.39 is 21.4 Å². The number of sulfone groups is 1. The van der Waals surface area contributed by atoms with Crippen molar-refractivity contribution in [2.24, 2.45) is 5.73 Å². The first-order chi connectivity index (χ1) is 9.42. The van der Waals surface area contributed by atoms with Crippen LogP contribution in [0.3, 0.4) is 0 Å². The normalized spacial score (nSPS) is 11.6. The molecule has 0 bridgehead atoms. The van der Waals surface area contributed by atoms with E-state index in [1.807, 2.05) is 0 Å². The van der Waals surface area contributed by atoms with Crippen molar-refractivity contribution in [3.63, 3.8) is 0 Å². The lowest BCUT2D eigenvalue weighted by Gasteiger charge is -2.07. The third-order valence-electron chi connectivity index (χ3n) is 2.86. The van der Waals surface area contributed by atoms with Crippen molar-refractivity contribution >= 4 is 21.4 Å². The van der Waals surface area contributed by atoms with E-state index in [-0.39, 0.29) is 17.0 Å². The number of nitrogens with two attached hydrogens (primary N) is 1. The van der Waals surface area contributed by atoms with E-state index in [0.29, 0.717) is 10.6 Å². The molecule has 2 N–H and O–H groups in total. The molecular formula is C14H13ClFNO2S. The van der Waals surface area contributed by atoms with Gasteiger partial charge in [0.25, 0.3) is 0 Å². The zero-order chi connectivity index (χ0) is 14.8. The van der Waals surface area contributed by atoms with Gasteiger partial charge in [-0.1, -0.05) is 23.7 Å². The minimum atomic E-state index is -3.62. The summed E-state index contributed by atoms with van der Waals surface area (Å²) in [6.45, 7) is 0.230. The van der Waals surface area contributed by atoms with Gasteiger partial charge in [-0.2, -0.15) is 0 Å². The third kappa shape index (κ3) is 3.36. The van der Waals surface area contributed by atoms with E-state index in [1.54, 1.807) is 0 Å². The standard InChI is InChI=1S/C14H13ClFNO2S/c15-12-2-4-13(5-3-12)20(18,19)9-11-7-10(8-17)1-6-14(11)16/h1-7H,8-9,17H2. The molecule has 0 spiro atoms. The Kier molecular flexibility index (Phi) is 4.42. The number of hydrogen-bond donors (Lipinski definition) is 1. The lowest BCUT2D eigenvalue weighted by atomic mass is 10.1. The second kappa shape index (κ2) is 5.91. The number of rotatable bonds is 4. The molecule has 0 saturated carbocycles. The molecule has 0 aromatic heterocycles. The van der Waals surface area contributed by atoms with Crippen molar-refractivity contribution in [3.05, 3.63) is 64.4 Å². The summed E-state index contributed by atoms with van der Waals surface area (Å²) in [4.78, 5) is 0.111. The molecule has 0 aliphatic heterocycles. The largest absolute Gasteiger partial charge is 0.326 e. The molecule has 0 fully saturated rings. The van der Waals surface area contributed by atoms with Gasteiger partial charge in [-0.05, 0) is 35.9 Å². The average Bonchev–Trinajstić information content (AvgIpc) is 2.41. The molecule has 0 atom stereocenters. The highest BCUT2D eigenvalue weighted by Gasteiger charge is 2.17. The first-order valence-corrected chi connectivity index (χ1v) is 7.91. The van der Waals surface area contributed by atoms with Crippen LogP contribution in [0.25, 0.3) is 0 Å². The molecule has 0 heterocycles. The maximum absolute atomic E-state index is 13.7. The zero-order valence-electron chi connectivity index (χ0n) is 10.5. The fraction of sp³-hybridized carbons (Fsp3) is 0.143. The quantitative estimate of drug-likeness (QED) is 0.944. The molecule has 6 heteroatoms. The highest BCUT2D eigenvalue weighted by atomic mass is 35.5. The van der Waals surface area contributed by atoms with Crippen molar-refractivity contribution in [2.75, 3.05) is 0 Å². The van der Waals surface area contributed by atoms with E-state index in [9.17, 15) is 12.8 Å². The van der Waals surface area contributed by atoms with Crippen molar-refractivity contribution < 1.29 is 12.8 Å². The van der Waals surface area contributed by atoms with Crippen LogP contribution in [0.5, 0.6) is 0 Å². The van der Waals surface area contributed by atoms with Crippen molar-refractivity contribution in [2.45, 2.75) is 17.2 Å². The Hall–Kier alpha value is -1.43. The average molecular weight is 314 g/mol. The van der Waals surface area contributed by atoms with E-state index in [1.165, 1.54) is 42.5 Å². The van der Waals surface area contributed by atoms with Crippen LogP contribution < -0.4 is 5.73 Å². The van der Waals surface area contributed by atoms with Crippen LogP contribution in [0.4, 0.5) is 4.39 Å². The Morgan fingerprint density at radius 2 is 1.75 bits per heavy atom. The molecule has 2 aromatic rings. The summed E-state index contributed by atoms with van der Waals surface area (Å²) in [5.74, 6) is -0.964. The Balaban J connectivity index is 2.35. The fourth-order valence-corrected chi connectivity index (χ4v) is 3.27. The van der Waals surface area contributed by atoms with Crippen LogP contribution in [0.2, 0.25) is 5.02 Å². The van der Waals surface area contributed by atoms with E-state index in [0.717, 1.165) is 0 Å². The summed E-state index contributed by atoms with van der Waals surface area (Å²) < 4.78 is 38.1. The molecule has 3 nitrogen and oxygen atoms in total. The summed E-state index contributed by atoms with van der Waals surface area (Å²) >= 11 is 5.72. The van der Waals surface area contributed by atoms with Gasteiger partial charge >= 0.3 is 0 Å². The molecular weight excluding hydrogens is 301 g/mol. The van der Waals surface area contributed by atoms with Crippen LogP contribution in [-0.4, -0.2) is 8.42 Å². The molecule has 2 aromatic carbocycles. The zero-order valence-corrected chi connectivity index (χ0v) is 12.1. The Morgan fingerprint density at radius 1 is 1.10 bits per heavy atom. The topological polar surface area (TPSA) is 60.2 Å². The molecule has 2 rings (SSSR count). The number of halogens is 2. The molecule has 0 aliphatic carbocycles. The monoisotopic (exact) mass is 313 g/mol. The predicted molar refractivity (Wildman–Crippen MR) is 76.6 cm³/mol. The molecule has 106 valence electrons. The highest BCUT2D eigenvalue weighted by molar-refractivity contribution is 7.90. The van der Waals surface area contributed by atoms with Crippen LogP contribution in [0.1, 0.15) is 11.1 Å². The molecule has 0 saturated heterocycles. The Bertz CT molecular complexity index is 714. The highest BCUT2D eigenvalue weighted by Crippen LogP contribution is 2.21. The minimum absolute atomic E-state index is 0.111. The van der Waals surface area contributed by atoms with Crippen LogP contribution in [0.15, 0.2) is 47.4 Å². The van der Waals surface area contributed by atoms with E-state index >= 15 is 0 Å². The van der Waals surface area contributed by atoms with Gasteiger partial charge in [-0.3, -0.25) is 0 Å². The smallest absolute Gasteiger partial charge is 0.182 e. The number of hydrogen-bond acceptors (Lipinski definition) is 3. The van der Waals surface area contributed by atoms with Gasteiger partial charge < -0.3 is 5.73 Å². The summed E-state index contributed by atoms with van der Waals surface area (Å²) in [5, 5.41) is 0.445. The van der Waals surface area contributed by atoms with Gasteiger partial charge in [-0.15, -0.1) is 0 Å². The maximum atomic E-state index is 13.7. The van der Waals surface area contributed by atoms with Crippen LogP contribution in [-0.2, 0) is 22.1 Å². The molecule has 20 heavy (non-hydrogen) atoms. The van der Waals surface area contributed by atoms with E-state index in [4.69, 9.17) is 17.3 Å². The van der Waals surface area contributed by atoms with Gasteiger partial charge in [0.1, 0.15) is 5.82 Å². The Labute approximate surface area is 122 Å². The fourth-order valence-electron chi connectivity index (χ4n) is 1.80. The molecule has 0 radical (unpaired) electrons. The molecule has 0 amide bonds. The predicted octanol–water partition coefficient (Wildman–Crippen LogP) is 2.91. The van der Waals surface area contributed by atoms with Crippen LogP contribution >= 0.6 is 11.6 Å². The van der Waals surface area contributed by atoms with Crippen LogP contribution in [0, 0.1) is 5.82 Å². The van der Waals surface area contributed by atoms with Crippen molar-refractivity contribution in [1.29, 1.82) is 0 Å². The van der Waals surface area contributed by atoms with Gasteiger partial charge in [0, 0.05) is 17.1 Å². The van der Waals surface area contributed by atoms with Crippen molar-refractivity contribution in [3.8, 4) is 0 Å². The second-order valence-electron chi connectivity index (χ2n) is 4.34. The number of benzene rings is 2. The van der Waals surface area contributed by atoms with Gasteiger partial charge in [0.05, 0.1) is 10.6 Å². The molecule has 0 unspecified atom stereocenters. The third-order valence-corrected chi connectivity index (χ3v) is 4.80. The van der Waals surface area contributed by atoms with Gasteiger partial charge in [-0.25, -0.2) is 12.8 Å². The first-order valence-electron chi connectivity index (χ1n) is 5.88. The van der Waals surface area contributed by atoms with Gasteiger partial charge in [0.15, 0.2) is 9.84 Å². The summed E-state index contributed by atoms with van der Waals surface area (Å²) in [7, 11) is -3.62. The summed E-state index contributed by atoms with van der Waals surface area (Å²) in [6.07, 6.45) is 0. The SMILES string of the molecule is NCc1ccc(F)c(CS(=O)(=O)c2ccc(Cl)cc2)c1. The minimum Gasteiger partial charge on any atom is -0.326 e. The van der Waals surface area contributed by atoms with Crippen molar-refractivity contribution in [1.82, 2.24) is 0 Å².